The molecule has 1 atom stereocenters. The van der Waals surface area contributed by atoms with Gasteiger partial charge in [-0.3, -0.25) is 0 Å². The fraction of sp³-hybridized carbons (Fsp3) is 0.952. The second-order valence-electron chi connectivity index (χ2n) is 7.63. The fourth-order valence-corrected chi connectivity index (χ4v) is 3.12. The average molecular weight is 409 g/mol. The molecule has 0 fully saturated rings. The van der Waals surface area contributed by atoms with Crippen LogP contribution in [0.25, 0.3) is 0 Å². The monoisotopic (exact) mass is 408 g/mol. The Hall–Kier alpha value is 1.69. The Morgan fingerprint density at radius 2 is 0.962 bits per heavy atom. The summed E-state index contributed by atoms with van der Waals surface area (Å²) in [6.45, 7) is 3.66. The molecule has 150 valence electrons. The summed E-state index contributed by atoms with van der Waals surface area (Å²) in [5, 5.41) is 18.4. The van der Waals surface area contributed by atoms with Crippen molar-refractivity contribution in [2.45, 2.75) is 129 Å². The maximum atomic E-state index is 10.8. The van der Waals surface area contributed by atoms with Crippen molar-refractivity contribution >= 4 is 73.3 Å². The van der Waals surface area contributed by atoms with E-state index in [1.54, 1.807) is 0 Å². The van der Waals surface area contributed by atoms with Crippen molar-refractivity contribution in [1.82, 2.24) is 0 Å². The molecule has 0 aromatic heterocycles. The van der Waals surface area contributed by atoms with Gasteiger partial charge in [-0.15, -0.1) is 0 Å². The average Bonchev–Trinajstić information content (AvgIpc) is 2.54. The summed E-state index contributed by atoms with van der Waals surface area (Å²) < 4.78 is 0. The summed E-state index contributed by atoms with van der Waals surface area (Å²) in [7, 11) is 0. The first-order valence-corrected chi connectivity index (χ1v) is 10.5. The van der Waals surface area contributed by atoms with Crippen molar-refractivity contribution in [2.75, 3.05) is 0 Å². The zero-order chi connectivity index (χ0) is 18.1. The van der Waals surface area contributed by atoms with Gasteiger partial charge in [-0.25, -0.2) is 4.79 Å². The van der Waals surface area contributed by atoms with Crippen molar-refractivity contribution in [3.63, 3.8) is 0 Å². The van der Waals surface area contributed by atoms with Gasteiger partial charge in [0.05, 0.1) is 0 Å². The zero-order valence-corrected chi connectivity index (χ0v) is 16.3. The van der Waals surface area contributed by atoms with Gasteiger partial charge >= 0.3 is 73.3 Å². The number of aliphatic hydroxyl groups is 1. The number of carbonyl (C=O) groups is 1. The van der Waals surface area contributed by atoms with Crippen LogP contribution >= 0.6 is 0 Å². The van der Waals surface area contributed by atoms with Gasteiger partial charge in [0, 0.05) is 0 Å². The Kier molecular flexibility index (Phi) is 28.6. The summed E-state index contributed by atoms with van der Waals surface area (Å²) >= 11 is 0. The van der Waals surface area contributed by atoms with Crippen molar-refractivity contribution in [3.8, 4) is 0 Å². The molecule has 0 spiro atoms. The molecule has 26 heavy (non-hydrogen) atoms. The van der Waals surface area contributed by atoms with E-state index < -0.39 is 11.6 Å². The molecule has 0 heterocycles. The number of hydrogen-bond acceptors (Lipinski definition) is 2. The normalized spacial score (nSPS) is 12.7. The van der Waals surface area contributed by atoms with E-state index in [1.165, 1.54) is 90.4 Å². The van der Waals surface area contributed by atoms with Crippen LogP contribution in [-0.4, -0.2) is 89.1 Å². The second kappa shape index (κ2) is 23.0. The molecule has 1 unspecified atom stereocenters. The summed E-state index contributed by atoms with van der Waals surface area (Å²) in [5.74, 6) is -1.11. The third-order valence-corrected chi connectivity index (χ3v) is 4.98. The van der Waals surface area contributed by atoms with Gasteiger partial charge in [0.1, 0.15) is 0 Å². The minimum absolute atomic E-state index is 0. The van der Waals surface area contributed by atoms with Gasteiger partial charge in [-0.2, -0.15) is 0 Å². The molecule has 3 nitrogen and oxygen atoms in total. The fourth-order valence-electron chi connectivity index (χ4n) is 3.12. The van der Waals surface area contributed by atoms with Crippen LogP contribution in [0.1, 0.15) is 123 Å². The summed E-state index contributed by atoms with van der Waals surface area (Å²) in [5.41, 5.74) is -1.55. The second-order valence-corrected chi connectivity index (χ2v) is 7.63. The third-order valence-electron chi connectivity index (χ3n) is 4.98. The number of hydrogen-bond donors (Lipinski definition) is 2. The van der Waals surface area contributed by atoms with E-state index >= 15 is 0 Å². The molecule has 0 aliphatic heterocycles. The maximum absolute atomic E-state index is 10.8. The van der Waals surface area contributed by atoms with Gasteiger partial charge < -0.3 is 10.2 Å². The van der Waals surface area contributed by atoms with Crippen LogP contribution in [0.3, 0.4) is 0 Å². The van der Waals surface area contributed by atoms with Crippen molar-refractivity contribution < 1.29 is 15.0 Å². The van der Waals surface area contributed by atoms with E-state index in [4.69, 9.17) is 5.11 Å². The standard InChI is InChI=1S/C21H42O3.Ca.Na.3H/c1-3-4-5-6-7-8-9-10-11-12-13-14-15-16-17-18-19-21(2,24)20(22)23;;;;;/h24H,3-19H2,1-2H3,(H,22,23);;;;;. The quantitative estimate of drug-likeness (QED) is 0.250. The molecule has 0 aliphatic rings. The first kappa shape index (κ1) is 32.4. The molecule has 0 aromatic carbocycles. The van der Waals surface area contributed by atoms with Gasteiger partial charge in [0.2, 0.25) is 0 Å². The molecular weight excluding hydrogens is 363 g/mol. The van der Waals surface area contributed by atoms with Crippen LogP contribution in [0.5, 0.6) is 0 Å². The molecule has 0 bridgehead atoms. The molecule has 2 N–H and O–H groups in total. The van der Waals surface area contributed by atoms with Crippen LogP contribution in [0, 0.1) is 0 Å². The van der Waals surface area contributed by atoms with E-state index in [1.807, 2.05) is 0 Å². The van der Waals surface area contributed by atoms with Gasteiger partial charge in [0.15, 0.2) is 5.60 Å². The van der Waals surface area contributed by atoms with Crippen LogP contribution < -0.4 is 0 Å². The number of carboxylic acids is 1. The Balaban J connectivity index is -0.00000264. The molecule has 0 aliphatic carbocycles. The molecule has 0 radical (unpaired) electrons. The first-order chi connectivity index (χ1) is 11.5. The summed E-state index contributed by atoms with van der Waals surface area (Å²) in [6.07, 6.45) is 21.2. The topological polar surface area (TPSA) is 57.5 Å². The predicted molar refractivity (Wildman–Crippen MR) is 118 cm³/mol. The van der Waals surface area contributed by atoms with E-state index in [0.29, 0.717) is 6.42 Å². The van der Waals surface area contributed by atoms with Crippen LogP contribution in [0.4, 0.5) is 0 Å². The third kappa shape index (κ3) is 22.0. The van der Waals surface area contributed by atoms with E-state index in [0.717, 1.165) is 19.3 Å². The van der Waals surface area contributed by atoms with Crippen LogP contribution in [-0.2, 0) is 4.79 Å². The molecule has 5 heteroatoms. The van der Waals surface area contributed by atoms with Crippen LogP contribution in [0.2, 0.25) is 0 Å². The Bertz CT molecular complexity index is 299. The number of rotatable bonds is 18. The SMILES string of the molecule is CCCCCCCCCCCCCCCCCCC(C)(O)C(=O)O.[CaH2].[NaH]. The van der Waals surface area contributed by atoms with Gasteiger partial charge in [-0.05, 0) is 19.8 Å². The van der Waals surface area contributed by atoms with E-state index in [-0.39, 0.29) is 67.3 Å². The van der Waals surface area contributed by atoms with Crippen molar-refractivity contribution in [1.29, 1.82) is 0 Å². The zero-order valence-electron chi connectivity index (χ0n) is 16.3. The number of unbranched alkanes of at least 4 members (excludes halogenated alkanes) is 15. The molecule has 0 amide bonds. The van der Waals surface area contributed by atoms with E-state index in [9.17, 15) is 9.90 Å². The summed E-state index contributed by atoms with van der Waals surface area (Å²) in [6, 6.07) is 0. The Morgan fingerprint density at radius 3 is 1.23 bits per heavy atom. The van der Waals surface area contributed by atoms with Crippen LogP contribution in [0.15, 0.2) is 0 Å². The van der Waals surface area contributed by atoms with Crippen molar-refractivity contribution in [3.05, 3.63) is 0 Å². The van der Waals surface area contributed by atoms with E-state index in [2.05, 4.69) is 6.92 Å². The summed E-state index contributed by atoms with van der Waals surface area (Å²) in [4.78, 5) is 10.8. The Labute approximate surface area is 214 Å². The van der Waals surface area contributed by atoms with Gasteiger partial charge in [-0.1, -0.05) is 103 Å². The molecule has 0 saturated carbocycles. The molecule has 0 rings (SSSR count). The molecular formula is C21H45CaNaO3. The Morgan fingerprint density at radius 1 is 0.692 bits per heavy atom. The van der Waals surface area contributed by atoms with Crippen molar-refractivity contribution in [2.24, 2.45) is 0 Å². The predicted octanol–water partition coefficient (Wildman–Crippen LogP) is 4.91. The number of carboxylic acid groups (broad SMARTS) is 1. The molecule has 0 saturated heterocycles. The first-order valence-electron chi connectivity index (χ1n) is 10.5. The number of aliphatic carboxylic acids is 1. The molecule has 0 aromatic rings. The van der Waals surface area contributed by atoms with Gasteiger partial charge in [0.25, 0.3) is 0 Å². The minimum atomic E-state index is -1.55.